The fraction of sp³-hybridized carbons (Fsp3) is 0.824. The van der Waals surface area contributed by atoms with Crippen LogP contribution in [0.3, 0.4) is 0 Å². The Morgan fingerprint density at radius 3 is 2.11 bits per heavy atom. The number of hydrogen-bond acceptors (Lipinski definition) is 10. The van der Waals surface area contributed by atoms with Gasteiger partial charge in [-0.25, -0.2) is 10.9 Å². The highest BCUT2D eigenvalue weighted by Gasteiger charge is 2.25. The fourth-order valence-electron chi connectivity index (χ4n) is 2.41. The molecule has 0 aromatic rings. The Hall–Kier alpha value is -1.27. The highest BCUT2D eigenvalue weighted by Crippen LogP contribution is 2.08. The van der Waals surface area contributed by atoms with Gasteiger partial charge in [-0.05, 0) is 44.7 Å². The van der Waals surface area contributed by atoms with E-state index in [-0.39, 0.29) is 5.92 Å². The van der Waals surface area contributed by atoms with Crippen molar-refractivity contribution in [3.05, 3.63) is 0 Å². The third kappa shape index (κ3) is 11.9. The van der Waals surface area contributed by atoms with Crippen molar-refractivity contribution in [3.8, 4) is 0 Å². The van der Waals surface area contributed by atoms with Crippen LogP contribution in [-0.2, 0) is 14.4 Å². The van der Waals surface area contributed by atoms with Crippen LogP contribution in [0, 0.1) is 5.92 Å². The van der Waals surface area contributed by atoms with Crippen molar-refractivity contribution in [2.75, 3.05) is 13.1 Å². The van der Waals surface area contributed by atoms with Gasteiger partial charge in [-0.2, -0.15) is 5.12 Å². The summed E-state index contributed by atoms with van der Waals surface area (Å²) >= 11 is 0. The molecule has 0 bridgehead atoms. The summed E-state index contributed by atoms with van der Waals surface area (Å²) in [4.78, 5) is 34.4. The van der Waals surface area contributed by atoms with E-state index in [1.54, 1.807) is 0 Å². The molecule has 0 aliphatic carbocycles. The van der Waals surface area contributed by atoms with Crippen LogP contribution in [0.5, 0.6) is 0 Å². The molecule has 0 aliphatic heterocycles. The molecule has 0 spiro atoms. The molecular formula is C17H37N7O3. The van der Waals surface area contributed by atoms with Gasteiger partial charge in [0.1, 0.15) is 25.1 Å². The molecule has 0 saturated carbocycles. The van der Waals surface area contributed by atoms with Crippen molar-refractivity contribution in [1.82, 2.24) is 21.3 Å². The SMILES string of the molecule is CC(C)[C@@H](C=O)NN(N[C@H](C=O)CCCNC(N)N)[C@H](C=O)CCCCN. The van der Waals surface area contributed by atoms with Crippen molar-refractivity contribution in [2.45, 2.75) is 70.4 Å². The highest BCUT2D eigenvalue weighted by atomic mass is 16.1. The summed E-state index contributed by atoms with van der Waals surface area (Å²) in [6.45, 7) is 4.90. The molecule has 9 N–H and O–H groups in total. The Kier molecular flexibility index (Phi) is 15.0. The lowest BCUT2D eigenvalue weighted by molar-refractivity contribution is -0.123. The minimum atomic E-state index is -0.604. The summed E-state index contributed by atoms with van der Waals surface area (Å²) in [6, 6.07) is -1.54. The van der Waals surface area contributed by atoms with Gasteiger partial charge in [-0.3, -0.25) is 5.32 Å². The van der Waals surface area contributed by atoms with Gasteiger partial charge in [0, 0.05) is 0 Å². The first-order valence-corrected chi connectivity index (χ1v) is 9.51. The summed E-state index contributed by atoms with van der Waals surface area (Å²) < 4.78 is 0. The molecule has 0 radical (unpaired) electrons. The van der Waals surface area contributed by atoms with Gasteiger partial charge in [0.05, 0.1) is 18.1 Å². The van der Waals surface area contributed by atoms with Crippen LogP contribution in [0.2, 0.25) is 0 Å². The van der Waals surface area contributed by atoms with Gasteiger partial charge in [-0.1, -0.05) is 20.3 Å². The fourth-order valence-corrected chi connectivity index (χ4v) is 2.41. The maximum absolute atomic E-state index is 11.6. The number of nitrogens with zero attached hydrogens (tertiary/aromatic N) is 1. The molecule has 27 heavy (non-hydrogen) atoms. The average Bonchev–Trinajstić information content (AvgIpc) is 2.64. The van der Waals surface area contributed by atoms with Crippen LogP contribution in [0.1, 0.15) is 46.0 Å². The van der Waals surface area contributed by atoms with Gasteiger partial charge in [0.15, 0.2) is 0 Å². The monoisotopic (exact) mass is 387 g/mol. The Bertz CT molecular complexity index is 410. The van der Waals surface area contributed by atoms with E-state index in [0.29, 0.717) is 32.4 Å². The minimum Gasteiger partial charge on any atom is -0.330 e. The molecule has 0 rings (SSSR count). The molecular weight excluding hydrogens is 350 g/mol. The van der Waals surface area contributed by atoms with Crippen LogP contribution in [0.4, 0.5) is 0 Å². The maximum atomic E-state index is 11.6. The number of carbonyl (C=O) groups is 3. The van der Waals surface area contributed by atoms with Crippen LogP contribution in [0.15, 0.2) is 0 Å². The predicted molar refractivity (Wildman–Crippen MR) is 105 cm³/mol. The largest absolute Gasteiger partial charge is 0.330 e. The van der Waals surface area contributed by atoms with E-state index in [2.05, 4.69) is 16.2 Å². The Morgan fingerprint density at radius 2 is 1.63 bits per heavy atom. The summed E-state index contributed by atoms with van der Waals surface area (Å²) in [5, 5.41) is 4.36. The number of hydrazine groups is 2. The van der Waals surface area contributed by atoms with E-state index in [0.717, 1.165) is 31.7 Å². The van der Waals surface area contributed by atoms with Gasteiger partial charge in [-0.15, -0.1) is 0 Å². The molecule has 3 atom stereocenters. The van der Waals surface area contributed by atoms with Crippen molar-refractivity contribution >= 4 is 18.9 Å². The zero-order valence-electron chi connectivity index (χ0n) is 16.5. The predicted octanol–water partition coefficient (Wildman–Crippen LogP) is -1.64. The zero-order chi connectivity index (χ0) is 20.7. The highest BCUT2D eigenvalue weighted by molar-refractivity contribution is 5.60. The quantitative estimate of drug-likeness (QED) is 0.0694. The molecule has 0 heterocycles. The number of nitrogens with one attached hydrogen (secondary N) is 3. The van der Waals surface area contributed by atoms with E-state index in [1.807, 2.05) is 13.8 Å². The molecule has 10 nitrogen and oxygen atoms in total. The normalized spacial score (nSPS) is 15.1. The lowest BCUT2D eigenvalue weighted by Gasteiger charge is -2.34. The van der Waals surface area contributed by atoms with Crippen LogP contribution in [0.25, 0.3) is 0 Å². The van der Waals surface area contributed by atoms with E-state index in [4.69, 9.17) is 17.2 Å². The Labute approximate surface area is 161 Å². The second-order valence-corrected chi connectivity index (χ2v) is 6.89. The Balaban J connectivity index is 4.97. The second-order valence-electron chi connectivity index (χ2n) is 6.89. The van der Waals surface area contributed by atoms with E-state index in [9.17, 15) is 14.4 Å². The molecule has 0 fully saturated rings. The lowest BCUT2D eigenvalue weighted by Crippen LogP contribution is -2.62. The van der Waals surface area contributed by atoms with Crippen molar-refractivity contribution in [1.29, 1.82) is 0 Å². The maximum Gasteiger partial charge on any atom is 0.140 e. The third-order valence-electron chi connectivity index (χ3n) is 4.14. The lowest BCUT2D eigenvalue weighted by atomic mass is 10.1. The topological polar surface area (TPSA) is 169 Å². The summed E-state index contributed by atoms with van der Waals surface area (Å²) in [5.41, 5.74) is 22.4. The van der Waals surface area contributed by atoms with Gasteiger partial charge < -0.3 is 31.6 Å². The summed E-state index contributed by atoms with van der Waals surface area (Å²) in [6.07, 6.45) is 5.06. The smallest absolute Gasteiger partial charge is 0.140 e. The summed E-state index contributed by atoms with van der Waals surface area (Å²) in [7, 11) is 0. The van der Waals surface area contributed by atoms with E-state index in [1.165, 1.54) is 5.12 Å². The molecule has 0 unspecified atom stereocenters. The molecule has 0 aromatic heterocycles. The average molecular weight is 388 g/mol. The second kappa shape index (κ2) is 15.8. The first-order chi connectivity index (χ1) is 12.9. The number of carbonyl (C=O) groups excluding carboxylic acids is 3. The van der Waals surface area contributed by atoms with Crippen LogP contribution in [-0.4, -0.2) is 61.5 Å². The minimum absolute atomic E-state index is 0.0214. The van der Waals surface area contributed by atoms with Crippen LogP contribution >= 0.6 is 0 Å². The Morgan fingerprint density at radius 1 is 0.926 bits per heavy atom. The van der Waals surface area contributed by atoms with Crippen molar-refractivity contribution in [3.63, 3.8) is 0 Å². The first kappa shape index (κ1) is 25.7. The molecule has 0 saturated heterocycles. The number of aldehydes is 3. The van der Waals surface area contributed by atoms with Crippen molar-refractivity contribution in [2.24, 2.45) is 23.1 Å². The molecule has 0 amide bonds. The summed E-state index contributed by atoms with van der Waals surface area (Å²) in [5.74, 6) is 0.0214. The number of rotatable bonds is 18. The first-order valence-electron chi connectivity index (χ1n) is 9.51. The van der Waals surface area contributed by atoms with Gasteiger partial charge in [0.2, 0.25) is 0 Å². The van der Waals surface area contributed by atoms with Gasteiger partial charge >= 0.3 is 0 Å². The van der Waals surface area contributed by atoms with Crippen molar-refractivity contribution < 1.29 is 14.4 Å². The van der Waals surface area contributed by atoms with Gasteiger partial charge in [0.25, 0.3) is 0 Å². The molecule has 0 aliphatic rings. The zero-order valence-corrected chi connectivity index (χ0v) is 16.5. The molecule has 0 aromatic carbocycles. The van der Waals surface area contributed by atoms with Crippen LogP contribution < -0.4 is 33.4 Å². The molecule has 158 valence electrons. The number of hydrogen-bond donors (Lipinski definition) is 6. The standard InChI is InChI=1S/C17H37N7O3/c1-13(2)16(12-27)23-24(15(11-26)7-3-4-8-18)22-14(10-25)6-5-9-21-17(19)20/h10-17,21-23H,3-9,18-20H2,1-2H3/t14-,15-,16+/m0/s1. The number of unbranched alkanes of at least 4 members (excludes halogenated alkanes) is 1. The molecule has 10 heteroatoms. The number of nitrogens with two attached hydrogens (primary N) is 3. The van der Waals surface area contributed by atoms with E-state index >= 15 is 0 Å². The third-order valence-corrected chi connectivity index (χ3v) is 4.14. The van der Waals surface area contributed by atoms with E-state index < -0.39 is 24.4 Å².